The molecule has 0 bridgehead atoms. The fourth-order valence-corrected chi connectivity index (χ4v) is 2.77. The van der Waals surface area contributed by atoms with Gasteiger partial charge in [-0.1, -0.05) is 6.07 Å². The van der Waals surface area contributed by atoms with Crippen LogP contribution in [0.2, 0.25) is 0 Å². The van der Waals surface area contributed by atoms with E-state index in [-0.39, 0.29) is 11.9 Å². The van der Waals surface area contributed by atoms with E-state index in [0.717, 1.165) is 31.6 Å². The zero-order valence-corrected chi connectivity index (χ0v) is 13.2. The smallest absolute Gasteiger partial charge is 0.241 e. The van der Waals surface area contributed by atoms with E-state index in [2.05, 4.69) is 22.2 Å². The predicted octanol–water partition coefficient (Wildman–Crippen LogP) is 1.62. The van der Waals surface area contributed by atoms with E-state index in [0.29, 0.717) is 11.7 Å². The van der Waals surface area contributed by atoms with Gasteiger partial charge < -0.3 is 16.0 Å². The van der Waals surface area contributed by atoms with Crippen LogP contribution in [0.15, 0.2) is 24.3 Å². The first-order chi connectivity index (χ1) is 9.97. The van der Waals surface area contributed by atoms with Gasteiger partial charge >= 0.3 is 0 Å². The topological polar surface area (TPSA) is 61.6 Å². The number of piperidine rings is 1. The highest BCUT2D eigenvalue weighted by atomic mass is 16.2. The lowest BCUT2D eigenvalue weighted by Gasteiger charge is -2.37. The Morgan fingerprint density at radius 3 is 2.71 bits per heavy atom. The molecule has 0 saturated carbocycles. The molecule has 1 amide bonds. The first kappa shape index (κ1) is 15.8. The van der Waals surface area contributed by atoms with Crippen LogP contribution in [-0.4, -0.2) is 55.0 Å². The Labute approximate surface area is 127 Å². The van der Waals surface area contributed by atoms with Crippen LogP contribution in [0.3, 0.4) is 0 Å². The molecule has 0 aromatic heterocycles. The van der Waals surface area contributed by atoms with E-state index < -0.39 is 0 Å². The molecule has 1 aliphatic rings. The Morgan fingerprint density at radius 2 is 2.10 bits per heavy atom. The largest absolute Gasteiger partial charge is 0.399 e. The minimum atomic E-state index is -0.153. The Morgan fingerprint density at radius 1 is 1.43 bits per heavy atom. The molecule has 3 N–H and O–H groups in total. The molecule has 1 heterocycles. The van der Waals surface area contributed by atoms with Crippen LogP contribution in [0.25, 0.3) is 0 Å². The molecule has 1 fully saturated rings. The van der Waals surface area contributed by atoms with Crippen molar-refractivity contribution < 1.29 is 4.79 Å². The number of amides is 1. The van der Waals surface area contributed by atoms with Crippen molar-refractivity contribution in [2.45, 2.75) is 31.8 Å². The van der Waals surface area contributed by atoms with E-state index in [4.69, 9.17) is 5.73 Å². The van der Waals surface area contributed by atoms with Gasteiger partial charge in [0.2, 0.25) is 5.91 Å². The second-order valence-corrected chi connectivity index (χ2v) is 5.99. The molecule has 0 radical (unpaired) electrons. The molecule has 5 nitrogen and oxygen atoms in total. The van der Waals surface area contributed by atoms with Crippen LogP contribution in [0.1, 0.15) is 19.8 Å². The number of hydrogen-bond acceptors (Lipinski definition) is 4. The Balaban J connectivity index is 1.92. The SMILES string of the molecule is CC(C(=O)Nc1cccc(N)c1)N(C)C1CCN(C)CC1. The maximum absolute atomic E-state index is 12.4. The molecule has 0 aliphatic carbocycles. The van der Waals surface area contributed by atoms with Crippen LogP contribution in [0, 0.1) is 0 Å². The second kappa shape index (κ2) is 6.91. The van der Waals surface area contributed by atoms with Crippen LogP contribution < -0.4 is 11.1 Å². The van der Waals surface area contributed by atoms with E-state index in [1.165, 1.54) is 0 Å². The van der Waals surface area contributed by atoms with Crippen molar-refractivity contribution >= 4 is 17.3 Å². The molecule has 1 atom stereocenters. The molecule has 5 heteroatoms. The quantitative estimate of drug-likeness (QED) is 0.827. The van der Waals surface area contributed by atoms with Gasteiger partial charge in [0.1, 0.15) is 0 Å². The Bertz CT molecular complexity index is 483. The zero-order chi connectivity index (χ0) is 15.4. The second-order valence-electron chi connectivity index (χ2n) is 5.99. The standard InChI is InChI=1S/C16H26N4O/c1-12(20(3)15-7-9-19(2)10-8-15)16(21)18-14-6-4-5-13(17)11-14/h4-6,11-12,15H,7-10,17H2,1-3H3,(H,18,21). The third-order valence-electron chi connectivity index (χ3n) is 4.41. The highest BCUT2D eigenvalue weighted by molar-refractivity contribution is 5.94. The number of carbonyl (C=O) groups is 1. The minimum absolute atomic E-state index is 0.0158. The van der Waals surface area contributed by atoms with Crippen molar-refractivity contribution in [2.24, 2.45) is 0 Å². The van der Waals surface area contributed by atoms with Crippen LogP contribution in [-0.2, 0) is 4.79 Å². The van der Waals surface area contributed by atoms with Crippen LogP contribution in [0.5, 0.6) is 0 Å². The van der Waals surface area contributed by atoms with Crippen molar-refractivity contribution in [1.29, 1.82) is 0 Å². The van der Waals surface area contributed by atoms with Gasteiger partial charge in [0.25, 0.3) is 0 Å². The molecule has 1 aromatic carbocycles. The molecule has 21 heavy (non-hydrogen) atoms. The molecule has 1 aromatic rings. The van der Waals surface area contributed by atoms with E-state index in [9.17, 15) is 4.79 Å². The van der Waals surface area contributed by atoms with Gasteiger partial charge in [-0.2, -0.15) is 0 Å². The number of hydrogen-bond donors (Lipinski definition) is 2. The monoisotopic (exact) mass is 290 g/mol. The Kier molecular flexibility index (Phi) is 5.20. The van der Waals surface area contributed by atoms with Gasteiger partial charge in [-0.3, -0.25) is 9.69 Å². The van der Waals surface area contributed by atoms with Crippen LogP contribution in [0.4, 0.5) is 11.4 Å². The van der Waals surface area contributed by atoms with Gasteiger partial charge in [0.15, 0.2) is 0 Å². The molecule has 0 spiro atoms. The number of carbonyl (C=O) groups excluding carboxylic acids is 1. The highest BCUT2D eigenvalue weighted by Gasteiger charge is 2.27. The van der Waals surface area contributed by atoms with Gasteiger partial charge in [0, 0.05) is 17.4 Å². The summed E-state index contributed by atoms with van der Waals surface area (Å²) in [7, 11) is 4.19. The summed E-state index contributed by atoms with van der Waals surface area (Å²) in [5.41, 5.74) is 7.14. The molecular weight excluding hydrogens is 264 g/mol. The minimum Gasteiger partial charge on any atom is -0.399 e. The van der Waals surface area contributed by atoms with Gasteiger partial charge in [-0.05, 0) is 65.1 Å². The van der Waals surface area contributed by atoms with Crippen molar-refractivity contribution in [3.63, 3.8) is 0 Å². The zero-order valence-electron chi connectivity index (χ0n) is 13.2. The maximum atomic E-state index is 12.4. The molecule has 1 unspecified atom stereocenters. The normalized spacial score (nSPS) is 18.7. The molecule has 2 rings (SSSR count). The van der Waals surface area contributed by atoms with Crippen molar-refractivity contribution in [3.8, 4) is 0 Å². The fraction of sp³-hybridized carbons (Fsp3) is 0.562. The number of nitrogens with two attached hydrogens (primary N) is 1. The van der Waals surface area contributed by atoms with Crippen LogP contribution >= 0.6 is 0 Å². The third-order valence-corrected chi connectivity index (χ3v) is 4.41. The number of likely N-dealkylation sites (N-methyl/N-ethyl adjacent to an activating group) is 1. The summed E-state index contributed by atoms with van der Waals surface area (Å²) in [6.07, 6.45) is 2.23. The number of benzene rings is 1. The number of nitrogen functional groups attached to an aromatic ring is 1. The molecule has 1 saturated heterocycles. The third kappa shape index (κ3) is 4.19. The van der Waals surface area contributed by atoms with Crippen molar-refractivity contribution in [2.75, 3.05) is 38.2 Å². The summed E-state index contributed by atoms with van der Waals surface area (Å²) in [5, 5.41) is 2.94. The fourth-order valence-electron chi connectivity index (χ4n) is 2.77. The average molecular weight is 290 g/mol. The van der Waals surface area contributed by atoms with E-state index in [1.54, 1.807) is 6.07 Å². The maximum Gasteiger partial charge on any atom is 0.241 e. The van der Waals surface area contributed by atoms with Gasteiger partial charge in [-0.15, -0.1) is 0 Å². The van der Waals surface area contributed by atoms with E-state index in [1.807, 2.05) is 32.2 Å². The summed E-state index contributed by atoms with van der Waals surface area (Å²) >= 11 is 0. The van der Waals surface area contributed by atoms with Crippen molar-refractivity contribution in [3.05, 3.63) is 24.3 Å². The van der Waals surface area contributed by atoms with Crippen molar-refractivity contribution in [1.82, 2.24) is 9.80 Å². The molecule has 116 valence electrons. The number of nitrogens with one attached hydrogen (secondary N) is 1. The summed E-state index contributed by atoms with van der Waals surface area (Å²) in [6, 6.07) is 7.61. The van der Waals surface area contributed by atoms with E-state index >= 15 is 0 Å². The highest BCUT2D eigenvalue weighted by Crippen LogP contribution is 2.18. The lowest BCUT2D eigenvalue weighted by Crippen LogP contribution is -2.49. The first-order valence-corrected chi connectivity index (χ1v) is 7.54. The average Bonchev–Trinajstić information content (AvgIpc) is 2.46. The number of anilines is 2. The predicted molar refractivity (Wildman–Crippen MR) is 87.2 cm³/mol. The lowest BCUT2D eigenvalue weighted by molar-refractivity contribution is -0.121. The first-order valence-electron chi connectivity index (χ1n) is 7.54. The molecule has 1 aliphatic heterocycles. The Hall–Kier alpha value is -1.59. The summed E-state index contributed by atoms with van der Waals surface area (Å²) in [4.78, 5) is 16.9. The number of rotatable bonds is 4. The molecular formula is C16H26N4O. The summed E-state index contributed by atoms with van der Waals surface area (Å²) in [5.74, 6) is 0.0158. The summed E-state index contributed by atoms with van der Waals surface area (Å²) in [6.45, 7) is 4.15. The van der Waals surface area contributed by atoms with Gasteiger partial charge in [-0.25, -0.2) is 0 Å². The summed E-state index contributed by atoms with van der Waals surface area (Å²) < 4.78 is 0. The number of likely N-dealkylation sites (tertiary alicyclic amines) is 1. The number of nitrogens with zero attached hydrogens (tertiary/aromatic N) is 2. The van der Waals surface area contributed by atoms with Gasteiger partial charge in [0.05, 0.1) is 6.04 Å². The lowest BCUT2D eigenvalue weighted by atomic mass is 10.0.